The van der Waals surface area contributed by atoms with Crippen molar-refractivity contribution in [3.8, 4) is 0 Å². The van der Waals surface area contributed by atoms with Crippen LogP contribution < -0.4 is 10.6 Å². The molecule has 156 valence electrons. The molecule has 3 aromatic carbocycles. The maximum Gasteiger partial charge on any atom is 0.270 e. The molecule has 3 N–H and O–H groups in total. The van der Waals surface area contributed by atoms with Gasteiger partial charge in [-0.2, -0.15) is 0 Å². The molecule has 0 unspecified atom stereocenters. The fourth-order valence-corrected chi connectivity index (χ4v) is 3.40. The molecule has 0 saturated carbocycles. The van der Waals surface area contributed by atoms with E-state index >= 15 is 0 Å². The van der Waals surface area contributed by atoms with Gasteiger partial charge in [0, 0.05) is 28.0 Å². The van der Waals surface area contributed by atoms with Gasteiger partial charge in [0.2, 0.25) is 0 Å². The van der Waals surface area contributed by atoms with Gasteiger partial charge >= 0.3 is 0 Å². The van der Waals surface area contributed by atoms with E-state index in [2.05, 4.69) is 15.6 Å². The summed E-state index contributed by atoms with van der Waals surface area (Å²) in [6.45, 7) is 0.0355. The third-order valence-corrected chi connectivity index (χ3v) is 5.07. The maximum absolute atomic E-state index is 13.9. The Morgan fingerprint density at radius 3 is 2.35 bits per heavy atom. The van der Waals surface area contributed by atoms with E-state index in [0.29, 0.717) is 22.0 Å². The minimum absolute atomic E-state index is 0.0355. The highest BCUT2D eigenvalue weighted by atomic mass is 35.5. The van der Waals surface area contributed by atoms with Crippen LogP contribution in [0.5, 0.6) is 0 Å². The number of aromatic nitrogens is 1. The molecule has 0 bridgehead atoms. The first kappa shape index (κ1) is 20.6. The van der Waals surface area contributed by atoms with Crippen LogP contribution in [0.2, 0.25) is 5.02 Å². The van der Waals surface area contributed by atoms with E-state index in [4.69, 9.17) is 11.6 Å². The van der Waals surface area contributed by atoms with Crippen LogP contribution in [-0.4, -0.2) is 16.8 Å². The van der Waals surface area contributed by atoms with E-state index in [1.165, 1.54) is 30.3 Å². The van der Waals surface area contributed by atoms with Crippen molar-refractivity contribution in [1.82, 2.24) is 10.3 Å². The Hall–Kier alpha value is -3.71. The Bertz CT molecular complexity index is 1290. The zero-order valence-corrected chi connectivity index (χ0v) is 16.8. The molecule has 0 aliphatic carbocycles. The molecule has 0 atom stereocenters. The first-order valence-corrected chi connectivity index (χ1v) is 9.70. The number of hydrogen-bond acceptors (Lipinski definition) is 2. The van der Waals surface area contributed by atoms with Crippen LogP contribution >= 0.6 is 11.6 Å². The Morgan fingerprint density at radius 1 is 0.903 bits per heavy atom. The van der Waals surface area contributed by atoms with Crippen molar-refractivity contribution in [3.63, 3.8) is 0 Å². The van der Waals surface area contributed by atoms with Crippen LogP contribution in [0.4, 0.5) is 14.5 Å². The second-order valence-electron chi connectivity index (χ2n) is 6.80. The number of aromatic amines is 1. The average molecular weight is 440 g/mol. The minimum atomic E-state index is -0.541. The molecule has 0 saturated heterocycles. The lowest BCUT2D eigenvalue weighted by atomic mass is 10.1. The highest BCUT2D eigenvalue weighted by molar-refractivity contribution is 6.31. The van der Waals surface area contributed by atoms with E-state index in [9.17, 15) is 18.4 Å². The molecule has 2 amide bonds. The topological polar surface area (TPSA) is 74.0 Å². The predicted molar refractivity (Wildman–Crippen MR) is 115 cm³/mol. The van der Waals surface area contributed by atoms with Crippen LogP contribution in [0.3, 0.4) is 0 Å². The van der Waals surface area contributed by atoms with Crippen LogP contribution in [0, 0.1) is 11.6 Å². The fourth-order valence-electron chi connectivity index (χ4n) is 3.17. The number of nitrogens with one attached hydrogen (secondary N) is 3. The molecule has 0 aliphatic heterocycles. The van der Waals surface area contributed by atoms with Gasteiger partial charge in [0.25, 0.3) is 11.8 Å². The van der Waals surface area contributed by atoms with Gasteiger partial charge in [-0.1, -0.05) is 35.9 Å². The predicted octanol–water partition coefficient (Wildman–Crippen LogP) is 5.28. The minimum Gasteiger partial charge on any atom is -0.349 e. The van der Waals surface area contributed by atoms with Gasteiger partial charge in [0.15, 0.2) is 0 Å². The molecule has 8 heteroatoms. The lowest BCUT2D eigenvalue weighted by Crippen LogP contribution is -2.25. The first-order chi connectivity index (χ1) is 14.9. The molecule has 1 aromatic heterocycles. The summed E-state index contributed by atoms with van der Waals surface area (Å²) in [5.41, 5.74) is 1.61. The second kappa shape index (κ2) is 8.57. The number of halogens is 3. The average Bonchev–Trinajstić information content (AvgIpc) is 3.11. The van der Waals surface area contributed by atoms with Gasteiger partial charge in [-0.3, -0.25) is 9.59 Å². The number of amides is 2. The lowest BCUT2D eigenvalue weighted by molar-refractivity contribution is 0.0947. The van der Waals surface area contributed by atoms with Crippen LogP contribution in [0.1, 0.15) is 26.4 Å². The fraction of sp³-hybridized carbons (Fsp3) is 0.0435. The van der Waals surface area contributed by atoms with E-state index in [1.54, 1.807) is 30.3 Å². The van der Waals surface area contributed by atoms with Gasteiger partial charge in [-0.25, -0.2) is 8.78 Å². The van der Waals surface area contributed by atoms with Crippen molar-refractivity contribution in [1.29, 1.82) is 0 Å². The van der Waals surface area contributed by atoms with E-state index in [-0.39, 0.29) is 22.9 Å². The van der Waals surface area contributed by atoms with Gasteiger partial charge < -0.3 is 15.6 Å². The molecule has 4 aromatic rings. The summed E-state index contributed by atoms with van der Waals surface area (Å²) < 4.78 is 27.1. The number of rotatable bonds is 5. The molecular weight excluding hydrogens is 424 g/mol. The molecule has 5 nitrogen and oxygen atoms in total. The van der Waals surface area contributed by atoms with Gasteiger partial charge in [0.05, 0.1) is 5.69 Å². The van der Waals surface area contributed by atoms with Crippen molar-refractivity contribution in [2.45, 2.75) is 6.54 Å². The number of carbonyl (C=O) groups is 2. The molecule has 0 aliphatic rings. The molecular formula is C23H16ClF2N3O2. The maximum atomic E-state index is 13.9. The number of fused-ring (bicyclic) bond motifs is 1. The summed E-state index contributed by atoms with van der Waals surface area (Å²) >= 11 is 6.01. The molecule has 4 rings (SSSR count). The molecule has 1 heterocycles. The molecule has 0 spiro atoms. The van der Waals surface area contributed by atoms with Crippen LogP contribution in [0.25, 0.3) is 10.9 Å². The van der Waals surface area contributed by atoms with Gasteiger partial charge in [-0.15, -0.1) is 0 Å². The summed E-state index contributed by atoms with van der Waals surface area (Å²) in [6, 6.07) is 16.3. The highest BCUT2D eigenvalue weighted by Crippen LogP contribution is 2.29. The standard InChI is InChI=1S/C23H16ClF2N3O2/c24-18-11-16(26)7-6-14(18)12-27-23(31)21-20(17-10-15(25)8-9-19(17)28-21)29-22(30)13-4-2-1-3-5-13/h1-11,28H,12H2,(H,27,31)(H,29,30). The summed E-state index contributed by atoms with van der Waals surface area (Å²) in [4.78, 5) is 28.5. The van der Waals surface area contributed by atoms with Crippen molar-refractivity contribution in [3.05, 3.63) is 100 Å². The van der Waals surface area contributed by atoms with Crippen molar-refractivity contribution < 1.29 is 18.4 Å². The third-order valence-electron chi connectivity index (χ3n) is 4.72. The quantitative estimate of drug-likeness (QED) is 0.395. The Labute approximate surface area is 181 Å². The number of benzene rings is 3. The van der Waals surface area contributed by atoms with E-state index in [1.807, 2.05) is 0 Å². The lowest BCUT2D eigenvalue weighted by Gasteiger charge is -2.10. The monoisotopic (exact) mass is 439 g/mol. The number of H-pyrrole nitrogens is 1. The Kier molecular flexibility index (Phi) is 5.68. The van der Waals surface area contributed by atoms with Crippen molar-refractivity contribution in [2.24, 2.45) is 0 Å². The Balaban J connectivity index is 1.65. The normalized spacial score (nSPS) is 10.8. The third kappa shape index (κ3) is 4.41. The highest BCUT2D eigenvalue weighted by Gasteiger charge is 2.21. The number of hydrogen-bond donors (Lipinski definition) is 3. The van der Waals surface area contributed by atoms with Crippen LogP contribution in [0.15, 0.2) is 66.7 Å². The molecule has 0 radical (unpaired) electrons. The van der Waals surface area contributed by atoms with Gasteiger partial charge in [-0.05, 0) is 48.0 Å². The smallest absolute Gasteiger partial charge is 0.270 e. The Morgan fingerprint density at radius 2 is 1.61 bits per heavy atom. The summed E-state index contributed by atoms with van der Waals surface area (Å²) in [7, 11) is 0. The number of anilines is 1. The van der Waals surface area contributed by atoms with E-state index in [0.717, 1.165) is 6.07 Å². The number of carbonyl (C=O) groups excluding carboxylic acids is 2. The SMILES string of the molecule is O=C(Nc1c(C(=O)NCc2ccc(F)cc2Cl)[nH]c2ccc(F)cc12)c1ccccc1. The zero-order chi connectivity index (χ0) is 22.0. The molecule has 31 heavy (non-hydrogen) atoms. The van der Waals surface area contributed by atoms with Crippen LogP contribution in [-0.2, 0) is 6.54 Å². The van der Waals surface area contributed by atoms with E-state index < -0.39 is 23.4 Å². The first-order valence-electron chi connectivity index (χ1n) is 9.32. The molecule has 0 fully saturated rings. The largest absolute Gasteiger partial charge is 0.349 e. The summed E-state index contributed by atoms with van der Waals surface area (Å²) in [5.74, 6) is -1.97. The van der Waals surface area contributed by atoms with Gasteiger partial charge in [0.1, 0.15) is 17.3 Å². The second-order valence-corrected chi connectivity index (χ2v) is 7.21. The van der Waals surface area contributed by atoms with Crippen molar-refractivity contribution in [2.75, 3.05) is 5.32 Å². The summed E-state index contributed by atoms with van der Waals surface area (Å²) in [5, 5.41) is 5.92. The summed E-state index contributed by atoms with van der Waals surface area (Å²) in [6.07, 6.45) is 0. The van der Waals surface area contributed by atoms with Crippen molar-refractivity contribution >= 4 is 40.0 Å². The zero-order valence-electron chi connectivity index (χ0n) is 16.0.